The summed E-state index contributed by atoms with van der Waals surface area (Å²) >= 11 is 0. The Morgan fingerprint density at radius 1 is 1.54 bits per heavy atom. The Balaban J connectivity index is 4.06. The average Bonchev–Trinajstić information content (AvgIpc) is 1.98. The van der Waals surface area contributed by atoms with Crippen molar-refractivity contribution in [2.24, 2.45) is 0 Å². The van der Waals surface area contributed by atoms with Gasteiger partial charge in [0.2, 0.25) is 0 Å². The summed E-state index contributed by atoms with van der Waals surface area (Å²) in [6.45, 7) is 1.63. The fourth-order valence-corrected chi connectivity index (χ4v) is 0.768. The summed E-state index contributed by atoms with van der Waals surface area (Å²) in [5.74, 6) is -0.848. The van der Waals surface area contributed by atoms with Gasteiger partial charge in [-0.3, -0.25) is 4.79 Å². The van der Waals surface area contributed by atoms with E-state index in [0.717, 1.165) is 7.05 Å². The van der Waals surface area contributed by atoms with Gasteiger partial charge in [0, 0.05) is 0 Å². The van der Waals surface area contributed by atoms with Crippen molar-refractivity contribution < 1.29 is 22.7 Å². The van der Waals surface area contributed by atoms with Gasteiger partial charge >= 0.3 is 12.1 Å². The molecular weight excluding hydrogens is 187 g/mol. The lowest BCUT2D eigenvalue weighted by Crippen LogP contribution is -2.42. The summed E-state index contributed by atoms with van der Waals surface area (Å²) in [5, 5.41) is 2.01. The smallest absolute Gasteiger partial charge is 0.404 e. The van der Waals surface area contributed by atoms with E-state index in [-0.39, 0.29) is 6.61 Å². The molecule has 0 unspecified atom stereocenters. The second kappa shape index (κ2) is 5.06. The first-order valence-corrected chi connectivity index (χ1v) is 3.81. The van der Waals surface area contributed by atoms with Crippen LogP contribution >= 0.6 is 0 Å². The highest BCUT2D eigenvalue weighted by atomic mass is 19.4. The lowest BCUT2D eigenvalue weighted by Gasteiger charge is -2.18. The molecule has 1 atom stereocenters. The van der Waals surface area contributed by atoms with Gasteiger partial charge in [0.05, 0.1) is 13.0 Å². The van der Waals surface area contributed by atoms with E-state index in [0.29, 0.717) is 0 Å². The lowest BCUT2D eigenvalue weighted by molar-refractivity contribution is -0.168. The molecule has 0 aliphatic carbocycles. The fourth-order valence-electron chi connectivity index (χ4n) is 0.768. The Kier molecular flexibility index (Phi) is 4.76. The van der Waals surface area contributed by atoms with Crippen molar-refractivity contribution in [2.45, 2.75) is 25.6 Å². The van der Waals surface area contributed by atoms with Crippen LogP contribution in [0.1, 0.15) is 13.3 Å². The van der Waals surface area contributed by atoms with E-state index < -0.39 is 24.6 Å². The summed E-state index contributed by atoms with van der Waals surface area (Å²) in [7, 11) is 1.15. The first kappa shape index (κ1) is 12.2. The van der Waals surface area contributed by atoms with Crippen molar-refractivity contribution in [2.75, 3.05) is 13.7 Å². The zero-order valence-corrected chi connectivity index (χ0v) is 7.44. The van der Waals surface area contributed by atoms with Crippen LogP contribution < -0.4 is 5.32 Å². The van der Waals surface area contributed by atoms with Crippen LogP contribution in [0.25, 0.3) is 0 Å². The van der Waals surface area contributed by atoms with E-state index >= 15 is 0 Å². The van der Waals surface area contributed by atoms with Gasteiger partial charge in [0.25, 0.3) is 0 Å². The zero-order valence-electron chi connectivity index (χ0n) is 7.44. The molecule has 0 aliphatic heterocycles. The number of halogens is 3. The normalized spacial score (nSPS) is 13.9. The van der Waals surface area contributed by atoms with Gasteiger partial charge < -0.3 is 10.1 Å². The Bertz CT molecular complexity index is 170. The largest absolute Gasteiger partial charge is 0.466 e. The van der Waals surface area contributed by atoms with Crippen LogP contribution in [0.2, 0.25) is 0 Å². The van der Waals surface area contributed by atoms with Crippen molar-refractivity contribution in [3.8, 4) is 0 Å². The van der Waals surface area contributed by atoms with Crippen molar-refractivity contribution in [3.05, 3.63) is 0 Å². The van der Waals surface area contributed by atoms with Gasteiger partial charge in [0.1, 0.15) is 6.04 Å². The molecule has 0 aromatic carbocycles. The van der Waals surface area contributed by atoms with Crippen LogP contribution in [0.5, 0.6) is 0 Å². The minimum atomic E-state index is -4.42. The number of carbonyl (C=O) groups excluding carboxylic acids is 1. The molecule has 0 amide bonds. The Morgan fingerprint density at radius 3 is 2.38 bits per heavy atom. The quantitative estimate of drug-likeness (QED) is 0.689. The number of alkyl halides is 3. The van der Waals surface area contributed by atoms with E-state index in [9.17, 15) is 18.0 Å². The average molecular weight is 199 g/mol. The summed E-state index contributed by atoms with van der Waals surface area (Å²) in [6.07, 6.45) is -5.10. The van der Waals surface area contributed by atoms with Crippen molar-refractivity contribution in [3.63, 3.8) is 0 Å². The molecule has 0 radical (unpaired) electrons. The Labute approximate surface area is 74.3 Å². The molecule has 0 saturated carbocycles. The van der Waals surface area contributed by atoms with E-state index in [1.807, 2.05) is 5.32 Å². The van der Waals surface area contributed by atoms with Gasteiger partial charge in [0.15, 0.2) is 0 Å². The minimum Gasteiger partial charge on any atom is -0.466 e. The second-order valence-electron chi connectivity index (χ2n) is 2.39. The maximum Gasteiger partial charge on any atom is 0.404 e. The van der Waals surface area contributed by atoms with Crippen LogP contribution in [0.3, 0.4) is 0 Å². The molecule has 0 aromatic heterocycles. The zero-order chi connectivity index (χ0) is 10.5. The molecule has 0 bridgehead atoms. The predicted molar refractivity (Wildman–Crippen MR) is 40.2 cm³/mol. The third kappa shape index (κ3) is 4.72. The molecule has 0 fully saturated rings. The van der Waals surface area contributed by atoms with Crippen LogP contribution in [0.15, 0.2) is 0 Å². The molecule has 3 nitrogen and oxygen atoms in total. The van der Waals surface area contributed by atoms with Crippen LogP contribution in [0.4, 0.5) is 13.2 Å². The topological polar surface area (TPSA) is 38.3 Å². The first-order chi connectivity index (χ1) is 5.91. The molecule has 6 heteroatoms. The maximum absolute atomic E-state index is 12.1. The molecule has 0 heterocycles. The van der Waals surface area contributed by atoms with E-state index in [1.54, 1.807) is 6.92 Å². The van der Waals surface area contributed by atoms with Gasteiger partial charge in [-0.25, -0.2) is 0 Å². The molecule has 13 heavy (non-hydrogen) atoms. The number of hydrogen-bond donors (Lipinski definition) is 1. The third-order valence-electron chi connectivity index (χ3n) is 1.42. The van der Waals surface area contributed by atoms with Crippen LogP contribution in [-0.4, -0.2) is 31.8 Å². The second-order valence-corrected chi connectivity index (χ2v) is 2.39. The van der Waals surface area contributed by atoms with Gasteiger partial charge in [-0.15, -0.1) is 0 Å². The minimum absolute atomic E-state index is 0.0904. The number of esters is 1. The monoisotopic (exact) mass is 199 g/mol. The molecule has 1 N–H and O–H groups in total. The lowest BCUT2D eigenvalue weighted by atomic mass is 10.2. The van der Waals surface area contributed by atoms with E-state index in [2.05, 4.69) is 4.74 Å². The molecule has 0 aliphatic rings. The van der Waals surface area contributed by atoms with E-state index in [4.69, 9.17) is 0 Å². The highest BCUT2D eigenvalue weighted by Crippen LogP contribution is 2.22. The van der Waals surface area contributed by atoms with Crippen molar-refractivity contribution in [1.29, 1.82) is 0 Å². The number of nitrogens with one attached hydrogen (secondary N) is 1. The Hall–Kier alpha value is -0.780. The molecule has 78 valence electrons. The van der Waals surface area contributed by atoms with Gasteiger partial charge in [-0.1, -0.05) is 0 Å². The van der Waals surface area contributed by atoms with Crippen LogP contribution in [0, 0.1) is 0 Å². The van der Waals surface area contributed by atoms with Crippen LogP contribution in [-0.2, 0) is 9.53 Å². The van der Waals surface area contributed by atoms with E-state index in [1.165, 1.54) is 0 Å². The number of rotatable bonds is 4. The number of hydrogen-bond acceptors (Lipinski definition) is 3. The molecule has 0 aromatic rings. The van der Waals surface area contributed by atoms with Gasteiger partial charge in [-0.05, 0) is 14.0 Å². The number of ether oxygens (including phenoxy) is 1. The molecule has 0 saturated heterocycles. The summed E-state index contributed by atoms with van der Waals surface area (Å²) < 4.78 is 40.5. The molecule has 0 rings (SSSR count). The van der Waals surface area contributed by atoms with Crippen molar-refractivity contribution in [1.82, 2.24) is 5.32 Å². The van der Waals surface area contributed by atoms with Gasteiger partial charge in [-0.2, -0.15) is 13.2 Å². The molecular formula is C7H12F3NO2. The summed E-state index contributed by atoms with van der Waals surface area (Å²) in [4.78, 5) is 10.7. The first-order valence-electron chi connectivity index (χ1n) is 3.81. The highest BCUT2D eigenvalue weighted by Gasteiger charge is 2.40. The summed E-state index contributed by atoms with van der Waals surface area (Å²) in [6, 6.07) is -1.83. The SMILES string of the molecule is CCOC(=O)C[C@@H](NC)C(F)(F)F. The predicted octanol–water partition coefficient (Wildman–Crippen LogP) is 1.09. The maximum atomic E-state index is 12.1. The standard InChI is InChI=1S/C7H12F3NO2/c1-3-13-6(12)4-5(11-2)7(8,9)10/h5,11H,3-4H2,1-2H3/t5-/m1/s1. The highest BCUT2D eigenvalue weighted by molar-refractivity contribution is 5.70. The Morgan fingerprint density at radius 2 is 2.08 bits per heavy atom. The van der Waals surface area contributed by atoms with Crippen molar-refractivity contribution >= 4 is 5.97 Å². The summed E-state index contributed by atoms with van der Waals surface area (Å²) in [5.41, 5.74) is 0. The number of carbonyl (C=O) groups is 1. The fraction of sp³-hybridized carbons (Fsp3) is 0.857. The third-order valence-corrected chi connectivity index (χ3v) is 1.42. The molecule has 0 spiro atoms.